The van der Waals surface area contributed by atoms with E-state index in [-0.39, 0.29) is 64.0 Å². The number of carbonyl (C=O) groups excluding carboxylic acids is 3. The molecule has 3 N–H and O–H groups in total. The normalized spacial score (nSPS) is 21.2. The van der Waals surface area contributed by atoms with Crippen LogP contribution in [0.2, 0.25) is 0 Å². The summed E-state index contributed by atoms with van der Waals surface area (Å²) in [6.07, 6.45) is 5.70. The summed E-state index contributed by atoms with van der Waals surface area (Å²) in [5.41, 5.74) is 1.89. The van der Waals surface area contributed by atoms with Gasteiger partial charge in [-0.2, -0.15) is 0 Å². The molecular weight excluding hydrogens is 703 g/mol. The number of benzene rings is 2. The third-order valence-corrected chi connectivity index (χ3v) is 11.5. The number of nitrogens with zero attached hydrogens (tertiary/aromatic N) is 5. The van der Waals surface area contributed by atoms with Gasteiger partial charge in [-0.15, -0.1) is 0 Å². The van der Waals surface area contributed by atoms with E-state index in [1.165, 1.54) is 36.5 Å². The van der Waals surface area contributed by atoms with E-state index in [0.717, 1.165) is 25.1 Å². The second-order valence-corrected chi connectivity index (χ2v) is 16.2. The number of H-pyrrole nitrogens is 1. The molecule has 4 unspecified atom stereocenters. The van der Waals surface area contributed by atoms with E-state index in [1.807, 2.05) is 23.6 Å². The van der Waals surface area contributed by atoms with Crippen LogP contribution >= 0.6 is 0 Å². The quantitative estimate of drug-likeness (QED) is 0.166. The van der Waals surface area contributed by atoms with E-state index in [4.69, 9.17) is 0 Å². The highest BCUT2D eigenvalue weighted by molar-refractivity contribution is 6.04. The molecule has 11 nitrogen and oxygen atoms in total. The molecule has 1 aliphatic carbocycles. The average molecular weight is 753 g/mol. The number of aromatic nitrogens is 3. The van der Waals surface area contributed by atoms with Gasteiger partial charge in [-0.3, -0.25) is 14.4 Å². The molecule has 2 aromatic carbocycles. The summed E-state index contributed by atoms with van der Waals surface area (Å²) in [5.74, 6) is 0.121. The number of nitrogens with one attached hydrogen (secondary N) is 3. The lowest BCUT2D eigenvalue weighted by Crippen LogP contribution is -2.54. The molecule has 4 atom stereocenters. The maximum absolute atomic E-state index is 15.6. The van der Waals surface area contributed by atoms with Crippen molar-refractivity contribution in [3.05, 3.63) is 83.9 Å². The molecule has 0 radical (unpaired) electrons. The minimum atomic E-state index is -0.689. The van der Waals surface area contributed by atoms with Crippen molar-refractivity contribution >= 4 is 29.2 Å². The molecule has 7 rings (SSSR count). The van der Waals surface area contributed by atoms with Crippen LogP contribution in [-0.4, -0.2) is 87.8 Å². The average Bonchev–Trinajstić information content (AvgIpc) is 3.51. The maximum atomic E-state index is 15.6. The molecule has 2 aliphatic heterocycles. The standard InChI is InChI=1S/C42H50F2N8O3/c1-24(2)37(45-6)41(55)52-15-7-8-35(52)38-47-22-34(49-38)26-9-12-29(32(43)18-26)30-13-11-28(19-33(30)44)48-39(53)27-10-14-36(46-21-27)51-17-16-50(23-25(51)3)40(54)31-20-42(31,4)5/h9-14,18-19,21-22,24-25,31,35,37,45H,7-8,15-17,20,23H2,1-6H3,(H,47,49)(H,48,53). The highest BCUT2D eigenvalue weighted by atomic mass is 19.1. The Morgan fingerprint density at radius 2 is 1.67 bits per heavy atom. The zero-order valence-corrected chi connectivity index (χ0v) is 32.3. The predicted octanol–water partition coefficient (Wildman–Crippen LogP) is 6.66. The second kappa shape index (κ2) is 15.2. The molecule has 2 saturated heterocycles. The molecule has 1 saturated carbocycles. The van der Waals surface area contributed by atoms with Crippen LogP contribution in [0.1, 0.15) is 76.1 Å². The summed E-state index contributed by atoms with van der Waals surface area (Å²) in [6, 6.07) is 11.7. The minimum absolute atomic E-state index is 0.0376. The Balaban J connectivity index is 0.972. The van der Waals surface area contributed by atoms with Crippen molar-refractivity contribution in [2.24, 2.45) is 17.3 Å². The summed E-state index contributed by atoms with van der Waals surface area (Å²) < 4.78 is 31.0. The van der Waals surface area contributed by atoms with Crippen molar-refractivity contribution in [1.82, 2.24) is 30.1 Å². The molecule has 3 fully saturated rings. The van der Waals surface area contributed by atoms with Gasteiger partial charge in [-0.1, -0.05) is 39.8 Å². The molecule has 3 amide bonds. The van der Waals surface area contributed by atoms with Gasteiger partial charge in [0.05, 0.1) is 29.5 Å². The summed E-state index contributed by atoms with van der Waals surface area (Å²) in [6.45, 7) is 12.9. The molecular formula is C42H50F2N8O3. The number of hydrogen-bond donors (Lipinski definition) is 3. The minimum Gasteiger partial charge on any atom is -0.350 e. The summed E-state index contributed by atoms with van der Waals surface area (Å²) in [5, 5.41) is 5.84. The lowest BCUT2D eigenvalue weighted by atomic mass is 10.0. The molecule has 55 heavy (non-hydrogen) atoms. The van der Waals surface area contributed by atoms with Crippen LogP contribution < -0.4 is 15.5 Å². The number of amides is 3. The molecule has 4 heterocycles. The van der Waals surface area contributed by atoms with Gasteiger partial charge in [0.15, 0.2) is 0 Å². The number of carbonyl (C=O) groups is 3. The Morgan fingerprint density at radius 1 is 0.945 bits per heavy atom. The van der Waals surface area contributed by atoms with Crippen LogP contribution in [0.15, 0.2) is 60.9 Å². The Labute approximate surface area is 320 Å². The zero-order chi connectivity index (χ0) is 39.2. The summed E-state index contributed by atoms with van der Waals surface area (Å²) in [7, 11) is 1.79. The lowest BCUT2D eigenvalue weighted by Gasteiger charge is -2.40. The van der Waals surface area contributed by atoms with Gasteiger partial charge in [-0.25, -0.2) is 18.7 Å². The fourth-order valence-electron chi connectivity index (χ4n) is 8.10. The van der Waals surface area contributed by atoms with Gasteiger partial charge in [0.2, 0.25) is 11.8 Å². The van der Waals surface area contributed by atoms with Crippen molar-refractivity contribution in [2.75, 3.05) is 43.4 Å². The number of likely N-dealkylation sites (N-methyl/N-ethyl adjacent to an activating group) is 1. The molecule has 0 spiro atoms. The van der Waals surface area contributed by atoms with E-state index >= 15 is 8.78 Å². The first-order valence-electron chi connectivity index (χ1n) is 19.2. The molecule has 4 aromatic rings. The molecule has 3 aliphatic rings. The van der Waals surface area contributed by atoms with Crippen molar-refractivity contribution in [3.63, 3.8) is 0 Å². The number of pyridine rings is 1. The highest BCUT2D eigenvalue weighted by Gasteiger charge is 2.52. The van der Waals surface area contributed by atoms with E-state index < -0.39 is 17.5 Å². The van der Waals surface area contributed by atoms with Crippen molar-refractivity contribution in [3.8, 4) is 22.4 Å². The number of anilines is 2. The van der Waals surface area contributed by atoms with E-state index in [2.05, 4.69) is 51.3 Å². The van der Waals surface area contributed by atoms with Gasteiger partial charge in [0.1, 0.15) is 23.3 Å². The molecule has 13 heteroatoms. The number of hydrogen-bond acceptors (Lipinski definition) is 7. The number of halogens is 2. The fraction of sp³-hybridized carbons (Fsp3) is 0.452. The molecule has 0 bridgehead atoms. The van der Waals surface area contributed by atoms with Crippen LogP contribution in [0.5, 0.6) is 0 Å². The highest BCUT2D eigenvalue weighted by Crippen LogP contribution is 2.52. The SMILES string of the molecule is CNC(C(=O)N1CCCC1c1ncc(-c2ccc(-c3ccc(NC(=O)c4ccc(N5CCN(C(=O)C6CC6(C)C)CC5C)nc4)cc3F)c(F)c2)[nH]1)C(C)C. The Kier molecular flexibility index (Phi) is 10.5. The van der Waals surface area contributed by atoms with Crippen LogP contribution in [0, 0.1) is 28.9 Å². The van der Waals surface area contributed by atoms with E-state index in [1.54, 1.807) is 31.4 Å². The second-order valence-electron chi connectivity index (χ2n) is 16.2. The summed E-state index contributed by atoms with van der Waals surface area (Å²) in [4.78, 5) is 57.6. The maximum Gasteiger partial charge on any atom is 0.257 e. The number of likely N-dealkylation sites (tertiary alicyclic amines) is 1. The van der Waals surface area contributed by atoms with Crippen molar-refractivity contribution < 1.29 is 23.2 Å². The Morgan fingerprint density at radius 3 is 2.29 bits per heavy atom. The van der Waals surface area contributed by atoms with Crippen LogP contribution in [0.3, 0.4) is 0 Å². The third-order valence-electron chi connectivity index (χ3n) is 11.5. The topological polar surface area (TPSA) is 127 Å². The Bertz CT molecular complexity index is 2080. The van der Waals surface area contributed by atoms with Gasteiger partial charge in [0.25, 0.3) is 5.91 Å². The summed E-state index contributed by atoms with van der Waals surface area (Å²) >= 11 is 0. The predicted molar refractivity (Wildman–Crippen MR) is 208 cm³/mol. The number of piperazine rings is 1. The molecule has 2 aromatic heterocycles. The third kappa shape index (κ3) is 7.71. The number of rotatable bonds is 10. The van der Waals surface area contributed by atoms with Crippen molar-refractivity contribution in [2.45, 2.75) is 72.0 Å². The smallest absolute Gasteiger partial charge is 0.257 e. The van der Waals surface area contributed by atoms with Gasteiger partial charge in [-0.05, 0) is 81.0 Å². The zero-order valence-electron chi connectivity index (χ0n) is 32.3. The first-order chi connectivity index (χ1) is 26.2. The monoisotopic (exact) mass is 752 g/mol. The van der Waals surface area contributed by atoms with E-state index in [9.17, 15) is 14.4 Å². The fourth-order valence-corrected chi connectivity index (χ4v) is 8.10. The van der Waals surface area contributed by atoms with Gasteiger partial charge >= 0.3 is 0 Å². The number of imidazole rings is 1. The van der Waals surface area contributed by atoms with Crippen molar-refractivity contribution in [1.29, 1.82) is 0 Å². The van der Waals surface area contributed by atoms with E-state index in [0.29, 0.717) is 48.8 Å². The van der Waals surface area contributed by atoms with Crippen LogP contribution in [-0.2, 0) is 9.59 Å². The lowest BCUT2D eigenvalue weighted by molar-refractivity contribution is -0.135. The Hall–Kier alpha value is -5.17. The first kappa shape index (κ1) is 38.1. The van der Waals surface area contributed by atoms with Gasteiger partial charge in [0, 0.05) is 66.7 Å². The van der Waals surface area contributed by atoms with Crippen LogP contribution in [0.4, 0.5) is 20.3 Å². The van der Waals surface area contributed by atoms with Gasteiger partial charge < -0.3 is 30.3 Å². The molecule has 290 valence electrons. The number of aromatic amines is 1. The van der Waals surface area contributed by atoms with Crippen LogP contribution in [0.25, 0.3) is 22.4 Å². The largest absolute Gasteiger partial charge is 0.350 e. The first-order valence-corrected chi connectivity index (χ1v) is 19.2.